The Morgan fingerprint density at radius 2 is 1.60 bits per heavy atom. The summed E-state index contributed by atoms with van der Waals surface area (Å²) in [5, 5.41) is 0. The van der Waals surface area contributed by atoms with Gasteiger partial charge in [-0.25, -0.2) is 0 Å². The number of rotatable bonds is 5. The monoisotopic (exact) mass is 271 g/mol. The van der Waals surface area contributed by atoms with Crippen LogP contribution in [0.4, 0.5) is 0 Å². The topological polar surface area (TPSA) is 44.5 Å². The van der Waals surface area contributed by atoms with Crippen LogP contribution in [0.3, 0.4) is 0 Å². The van der Waals surface area contributed by atoms with Gasteiger partial charge in [0.1, 0.15) is 11.5 Å². The van der Waals surface area contributed by atoms with E-state index in [2.05, 4.69) is 31.2 Å². The zero-order chi connectivity index (χ0) is 14.5. The van der Waals surface area contributed by atoms with Gasteiger partial charge in [0.2, 0.25) is 0 Å². The first kappa shape index (κ1) is 14.4. The number of methoxy groups -OCH3 is 2. The third kappa shape index (κ3) is 3.11. The van der Waals surface area contributed by atoms with E-state index in [4.69, 9.17) is 15.2 Å². The Bertz CT molecular complexity index is 559. The van der Waals surface area contributed by atoms with Gasteiger partial charge in [0.25, 0.3) is 0 Å². The molecule has 0 radical (unpaired) electrons. The van der Waals surface area contributed by atoms with Gasteiger partial charge in [-0.05, 0) is 31.0 Å². The fourth-order valence-electron chi connectivity index (χ4n) is 2.44. The van der Waals surface area contributed by atoms with E-state index in [0.29, 0.717) is 0 Å². The van der Waals surface area contributed by atoms with E-state index in [0.717, 1.165) is 23.5 Å². The minimum atomic E-state index is -0.164. The second kappa shape index (κ2) is 6.44. The number of ether oxygens (including phenoxy) is 2. The smallest absolute Gasteiger partial charge is 0.127 e. The van der Waals surface area contributed by atoms with E-state index < -0.39 is 0 Å². The van der Waals surface area contributed by atoms with Crippen LogP contribution in [0.2, 0.25) is 0 Å². The number of hydrogen-bond donors (Lipinski definition) is 1. The van der Waals surface area contributed by atoms with Crippen LogP contribution < -0.4 is 15.2 Å². The van der Waals surface area contributed by atoms with Crippen LogP contribution in [0.25, 0.3) is 0 Å². The Morgan fingerprint density at radius 1 is 1.00 bits per heavy atom. The maximum absolute atomic E-state index is 6.37. The van der Waals surface area contributed by atoms with E-state index >= 15 is 0 Å². The van der Waals surface area contributed by atoms with Gasteiger partial charge in [-0.3, -0.25) is 0 Å². The third-order valence-electron chi connectivity index (χ3n) is 3.37. The summed E-state index contributed by atoms with van der Waals surface area (Å²) >= 11 is 0. The third-order valence-corrected chi connectivity index (χ3v) is 3.37. The van der Waals surface area contributed by atoms with Gasteiger partial charge in [0.05, 0.1) is 19.8 Å². The number of benzene rings is 2. The zero-order valence-electron chi connectivity index (χ0n) is 12.2. The predicted molar refractivity (Wildman–Crippen MR) is 81.4 cm³/mol. The van der Waals surface area contributed by atoms with Crippen molar-refractivity contribution in [2.75, 3.05) is 14.2 Å². The highest BCUT2D eigenvalue weighted by molar-refractivity contribution is 5.47. The van der Waals surface area contributed by atoms with Gasteiger partial charge in [0, 0.05) is 6.04 Å². The molecule has 0 aromatic heterocycles. The van der Waals surface area contributed by atoms with E-state index in [-0.39, 0.29) is 6.04 Å². The summed E-state index contributed by atoms with van der Waals surface area (Å²) < 4.78 is 10.8. The zero-order valence-corrected chi connectivity index (χ0v) is 12.2. The molecule has 0 aliphatic carbocycles. The second-order valence-corrected chi connectivity index (χ2v) is 4.88. The Hall–Kier alpha value is -2.00. The largest absolute Gasteiger partial charge is 0.496 e. The standard InChI is InChI=1S/C17H21NO2/c1-12-6-4-7-13(10-12)11-14(18)17-15(19-2)8-5-9-16(17)20-3/h4-10,14H,11,18H2,1-3H3. The van der Waals surface area contributed by atoms with Gasteiger partial charge in [-0.2, -0.15) is 0 Å². The van der Waals surface area contributed by atoms with E-state index in [1.165, 1.54) is 11.1 Å². The average molecular weight is 271 g/mol. The highest BCUT2D eigenvalue weighted by Crippen LogP contribution is 2.34. The van der Waals surface area contributed by atoms with Crippen molar-refractivity contribution in [3.63, 3.8) is 0 Å². The van der Waals surface area contributed by atoms with Crippen LogP contribution in [-0.4, -0.2) is 14.2 Å². The van der Waals surface area contributed by atoms with Crippen LogP contribution in [0.1, 0.15) is 22.7 Å². The van der Waals surface area contributed by atoms with Crippen LogP contribution >= 0.6 is 0 Å². The molecule has 0 aliphatic heterocycles. The Kier molecular flexibility index (Phi) is 4.64. The fourth-order valence-corrected chi connectivity index (χ4v) is 2.44. The Labute approximate surface area is 120 Å². The summed E-state index contributed by atoms with van der Waals surface area (Å²) in [6, 6.07) is 13.9. The van der Waals surface area contributed by atoms with Gasteiger partial charge >= 0.3 is 0 Å². The molecule has 20 heavy (non-hydrogen) atoms. The van der Waals surface area contributed by atoms with Gasteiger partial charge in [0.15, 0.2) is 0 Å². The average Bonchev–Trinajstić information content (AvgIpc) is 2.46. The molecule has 0 heterocycles. The molecule has 0 spiro atoms. The van der Waals surface area contributed by atoms with Gasteiger partial charge in [-0.15, -0.1) is 0 Å². The molecule has 1 unspecified atom stereocenters. The molecule has 106 valence electrons. The summed E-state index contributed by atoms with van der Waals surface area (Å²) in [7, 11) is 3.30. The Balaban J connectivity index is 2.31. The summed E-state index contributed by atoms with van der Waals surface area (Å²) in [5.74, 6) is 1.54. The molecule has 2 aromatic carbocycles. The second-order valence-electron chi connectivity index (χ2n) is 4.88. The molecule has 0 amide bonds. The van der Waals surface area contributed by atoms with E-state index in [1.807, 2.05) is 18.2 Å². The van der Waals surface area contributed by atoms with Crippen molar-refractivity contribution < 1.29 is 9.47 Å². The van der Waals surface area contributed by atoms with Crippen molar-refractivity contribution in [2.24, 2.45) is 5.73 Å². The maximum atomic E-state index is 6.37. The highest BCUT2D eigenvalue weighted by atomic mass is 16.5. The molecule has 3 nitrogen and oxygen atoms in total. The van der Waals surface area contributed by atoms with Crippen molar-refractivity contribution in [3.05, 3.63) is 59.2 Å². The Morgan fingerprint density at radius 3 is 2.15 bits per heavy atom. The first-order valence-electron chi connectivity index (χ1n) is 6.67. The highest BCUT2D eigenvalue weighted by Gasteiger charge is 2.17. The lowest BCUT2D eigenvalue weighted by Gasteiger charge is -2.19. The summed E-state index contributed by atoms with van der Waals surface area (Å²) in [5.41, 5.74) is 9.74. The number of aryl methyl sites for hydroxylation is 1. The van der Waals surface area contributed by atoms with Crippen molar-refractivity contribution in [1.82, 2.24) is 0 Å². The first-order valence-corrected chi connectivity index (χ1v) is 6.67. The lowest BCUT2D eigenvalue weighted by Crippen LogP contribution is -2.15. The molecular formula is C17H21NO2. The maximum Gasteiger partial charge on any atom is 0.127 e. The molecule has 2 rings (SSSR count). The lowest BCUT2D eigenvalue weighted by atomic mass is 9.97. The van der Waals surface area contributed by atoms with Crippen LogP contribution in [0.15, 0.2) is 42.5 Å². The number of hydrogen-bond acceptors (Lipinski definition) is 3. The van der Waals surface area contributed by atoms with Crippen molar-refractivity contribution in [1.29, 1.82) is 0 Å². The van der Waals surface area contributed by atoms with Crippen molar-refractivity contribution >= 4 is 0 Å². The van der Waals surface area contributed by atoms with Crippen LogP contribution in [0, 0.1) is 6.92 Å². The molecule has 0 aliphatic rings. The molecular weight excluding hydrogens is 250 g/mol. The minimum Gasteiger partial charge on any atom is -0.496 e. The van der Waals surface area contributed by atoms with Gasteiger partial charge in [-0.1, -0.05) is 35.9 Å². The molecule has 0 bridgehead atoms. The van der Waals surface area contributed by atoms with Crippen molar-refractivity contribution in [3.8, 4) is 11.5 Å². The SMILES string of the molecule is COc1cccc(OC)c1C(N)Cc1cccc(C)c1. The summed E-state index contributed by atoms with van der Waals surface area (Å²) in [6.07, 6.45) is 0.748. The summed E-state index contributed by atoms with van der Waals surface area (Å²) in [6.45, 7) is 2.08. The van der Waals surface area contributed by atoms with E-state index in [9.17, 15) is 0 Å². The fraction of sp³-hybridized carbons (Fsp3) is 0.294. The van der Waals surface area contributed by atoms with Crippen LogP contribution in [-0.2, 0) is 6.42 Å². The number of nitrogens with two attached hydrogens (primary N) is 1. The molecule has 0 saturated heterocycles. The molecule has 0 saturated carbocycles. The molecule has 0 fully saturated rings. The predicted octanol–water partition coefficient (Wildman–Crippen LogP) is 3.25. The van der Waals surface area contributed by atoms with Crippen molar-refractivity contribution in [2.45, 2.75) is 19.4 Å². The molecule has 1 atom stereocenters. The van der Waals surface area contributed by atoms with E-state index in [1.54, 1.807) is 14.2 Å². The molecule has 3 heteroatoms. The van der Waals surface area contributed by atoms with Crippen LogP contribution in [0.5, 0.6) is 11.5 Å². The normalized spacial score (nSPS) is 12.0. The quantitative estimate of drug-likeness (QED) is 0.908. The first-order chi connectivity index (χ1) is 9.65. The molecule has 2 aromatic rings. The van der Waals surface area contributed by atoms with Gasteiger partial charge < -0.3 is 15.2 Å². The molecule has 2 N–H and O–H groups in total. The summed E-state index contributed by atoms with van der Waals surface area (Å²) in [4.78, 5) is 0. The minimum absolute atomic E-state index is 0.164. The lowest BCUT2D eigenvalue weighted by molar-refractivity contribution is 0.379.